The van der Waals surface area contributed by atoms with E-state index in [9.17, 15) is 14.4 Å². The summed E-state index contributed by atoms with van der Waals surface area (Å²) in [6.07, 6.45) is 0. The first-order chi connectivity index (χ1) is 14.9. The van der Waals surface area contributed by atoms with E-state index in [-0.39, 0.29) is 18.6 Å². The maximum Gasteiger partial charge on any atom is 0.262 e. The van der Waals surface area contributed by atoms with Crippen molar-refractivity contribution in [3.05, 3.63) is 95.6 Å². The van der Waals surface area contributed by atoms with Crippen LogP contribution < -0.4 is 21.1 Å². The van der Waals surface area contributed by atoms with E-state index in [1.54, 1.807) is 36.4 Å². The van der Waals surface area contributed by atoms with Gasteiger partial charge in [-0.25, -0.2) is 0 Å². The Bertz CT molecular complexity index is 1070. The van der Waals surface area contributed by atoms with Gasteiger partial charge in [0.25, 0.3) is 11.8 Å². The van der Waals surface area contributed by atoms with Crippen molar-refractivity contribution >= 4 is 23.4 Å². The number of carbonyl (C=O) groups is 3. The first kappa shape index (κ1) is 21.6. The second-order valence-electron chi connectivity index (χ2n) is 6.88. The molecule has 3 amide bonds. The monoisotopic (exact) mass is 417 g/mol. The average molecular weight is 417 g/mol. The van der Waals surface area contributed by atoms with E-state index in [4.69, 9.17) is 10.5 Å². The van der Waals surface area contributed by atoms with Gasteiger partial charge in [-0.3, -0.25) is 14.4 Å². The lowest BCUT2D eigenvalue weighted by Crippen LogP contribution is -2.28. The fraction of sp³-hybridized carbons (Fsp3) is 0.125. The Balaban J connectivity index is 1.61. The van der Waals surface area contributed by atoms with Crippen LogP contribution in [-0.4, -0.2) is 24.3 Å². The zero-order chi connectivity index (χ0) is 22.2. The maximum atomic E-state index is 12.8. The van der Waals surface area contributed by atoms with E-state index in [2.05, 4.69) is 10.6 Å². The number of hydrogen-bond donors (Lipinski definition) is 3. The molecule has 0 saturated heterocycles. The summed E-state index contributed by atoms with van der Waals surface area (Å²) in [7, 11) is 0. The van der Waals surface area contributed by atoms with Crippen LogP contribution in [0.4, 0.5) is 5.69 Å². The highest BCUT2D eigenvalue weighted by Gasteiger charge is 2.16. The Labute approximate surface area is 180 Å². The number of rotatable bonds is 8. The topological polar surface area (TPSA) is 111 Å². The molecule has 4 N–H and O–H groups in total. The van der Waals surface area contributed by atoms with E-state index in [0.29, 0.717) is 22.6 Å². The fourth-order valence-electron chi connectivity index (χ4n) is 2.94. The number of amides is 3. The average Bonchev–Trinajstić information content (AvgIpc) is 2.79. The normalized spacial score (nSPS) is 11.3. The van der Waals surface area contributed by atoms with Crippen molar-refractivity contribution in [2.45, 2.75) is 13.0 Å². The molecule has 31 heavy (non-hydrogen) atoms. The highest BCUT2D eigenvalue weighted by Crippen LogP contribution is 2.18. The van der Waals surface area contributed by atoms with Crippen LogP contribution in [0, 0.1) is 0 Å². The molecular formula is C24H23N3O4. The summed E-state index contributed by atoms with van der Waals surface area (Å²) in [4.78, 5) is 36.2. The van der Waals surface area contributed by atoms with Gasteiger partial charge in [0.2, 0.25) is 5.91 Å². The first-order valence-electron chi connectivity index (χ1n) is 9.71. The smallest absolute Gasteiger partial charge is 0.262 e. The lowest BCUT2D eigenvalue weighted by molar-refractivity contribution is -0.118. The molecule has 7 nitrogen and oxygen atoms in total. The zero-order valence-electron chi connectivity index (χ0n) is 17.0. The van der Waals surface area contributed by atoms with Gasteiger partial charge >= 0.3 is 0 Å². The van der Waals surface area contributed by atoms with Crippen molar-refractivity contribution in [2.75, 3.05) is 11.9 Å². The summed E-state index contributed by atoms with van der Waals surface area (Å²) in [5, 5.41) is 5.64. The van der Waals surface area contributed by atoms with Gasteiger partial charge in [-0.15, -0.1) is 0 Å². The molecule has 0 bridgehead atoms. The molecule has 0 saturated carbocycles. The van der Waals surface area contributed by atoms with Crippen molar-refractivity contribution in [1.82, 2.24) is 5.32 Å². The van der Waals surface area contributed by atoms with Crippen molar-refractivity contribution in [1.29, 1.82) is 0 Å². The van der Waals surface area contributed by atoms with E-state index < -0.39 is 11.8 Å². The molecule has 0 aliphatic heterocycles. The predicted octanol–water partition coefficient (Wildman–Crippen LogP) is 3.29. The minimum atomic E-state index is -0.541. The minimum absolute atomic E-state index is 0.191. The van der Waals surface area contributed by atoms with Crippen molar-refractivity contribution < 1.29 is 19.1 Å². The molecule has 3 rings (SSSR count). The number of benzene rings is 3. The van der Waals surface area contributed by atoms with Crippen LogP contribution in [0.5, 0.6) is 5.75 Å². The molecule has 0 aromatic heterocycles. The van der Waals surface area contributed by atoms with E-state index >= 15 is 0 Å². The number of hydrogen-bond acceptors (Lipinski definition) is 4. The van der Waals surface area contributed by atoms with Gasteiger partial charge in [0.05, 0.1) is 17.3 Å². The SMILES string of the molecule is C[C@H](NC(=O)c1ccccc1NC(=O)COc1ccc(C(N)=O)cc1)c1ccccc1. The molecule has 3 aromatic rings. The molecule has 0 aliphatic rings. The van der Waals surface area contributed by atoms with Gasteiger partial charge in [-0.1, -0.05) is 42.5 Å². The van der Waals surface area contributed by atoms with Crippen LogP contribution in [0.15, 0.2) is 78.9 Å². The van der Waals surface area contributed by atoms with Crippen LogP contribution in [-0.2, 0) is 4.79 Å². The number of nitrogens with two attached hydrogens (primary N) is 1. The second-order valence-corrected chi connectivity index (χ2v) is 6.88. The molecular weight excluding hydrogens is 394 g/mol. The van der Waals surface area contributed by atoms with Gasteiger partial charge in [0.1, 0.15) is 5.75 Å². The van der Waals surface area contributed by atoms with Gasteiger partial charge in [-0.2, -0.15) is 0 Å². The highest BCUT2D eigenvalue weighted by atomic mass is 16.5. The summed E-state index contributed by atoms with van der Waals surface area (Å²) in [6, 6.07) is 22.3. The predicted molar refractivity (Wildman–Crippen MR) is 118 cm³/mol. The molecule has 7 heteroatoms. The number of nitrogens with one attached hydrogen (secondary N) is 2. The minimum Gasteiger partial charge on any atom is -0.484 e. The van der Waals surface area contributed by atoms with Gasteiger partial charge < -0.3 is 21.1 Å². The molecule has 3 aromatic carbocycles. The van der Waals surface area contributed by atoms with Crippen molar-refractivity contribution in [3.8, 4) is 5.75 Å². The van der Waals surface area contributed by atoms with Crippen LogP contribution >= 0.6 is 0 Å². The maximum absolute atomic E-state index is 12.8. The third-order valence-electron chi connectivity index (χ3n) is 4.60. The Kier molecular flexibility index (Phi) is 7.01. The van der Waals surface area contributed by atoms with Crippen molar-refractivity contribution in [3.63, 3.8) is 0 Å². The fourth-order valence-corrected chi connectivity index (χ4v) is 2.94. The van der Waals surface area contributed by atoms with Gasteiger partial charge in [-0.05, 0) is 48.9 Å². The first-order valence-corrected chi connectivity index (χ1v) is 9.71. The molecule has 0 fully saturated rings. The summed E-state index contributed by atoms with van der Waals surface area (Å²) >= 11 is 0. The van der Waals surface area contributed by atoms with Gasteiger partial charge in [0, 0.05) is 5.56 Å². The Morgan fingerprint density at radius 3 is 2.23 bits per heavy atom. The lowest BCUT2D eigenvalue weighted by Gasteiger charge is -2.16. The molecule has 0 aliphatic carbocycles. The Hall–Kier alpha value is -4.13. The van der Waals surface area contributed by atoms with Crippen molar-refractivity contribution in [2.24, 2.45) is 5.73 Å². The number of anilines is 1. The molecule has 0 radical (unpaired) electrons. The van der Waals surface area contributed by atoms with E-state index in [1.807, 2.05) is 37.3 Å². The third kappa shape index (κ3) is 5.93. The lowest BCUT2D eigenvalue weighted by atomic mass is 10.1. The second kappa shape index (κ2) is 10.1. The molecule has 1 atom stereocenters. The number of carbonyl (C=O) groups excluding carboxylic acids is 3. The summed E-state index contributed by atoms with van der Waals surface area (Å²) in [6.45, 7) is 1.64. The Morgan fingerprint density at radius 2 is 1.55 bits per heavy atom. The number of primary amides is 1. The molecule has 0 unspecified atom stereocenters. The highest BCUT2D eigenvalue weighted by molar-refractivity contribution is 6.04. The Morgan fingerprint density at radius 1 is 0.903 bits per heavy atom. The van der Waals surface area contributed by atoms with Crippen LogP contribution in [0.3, 0.4) is 0 Å². The molecule has 158 valence electrons. The van der Waals surface area contributed by atoms with Crippen LogP contribution in [0.1, 0.15) is 39.2 Å². The van der Waals surface area contributed by atoms with Crippen LogP contribution in [0.2, 0.25) is 0 Å². The summed E-state index contributed by atoms with van der Waals surface area (Å²) in [5.41, 5.74) is 7.26. The van der Waals surface area contributed by atoms with E-state index in [0.717, 1.165) is 5.56 Å². The van der Waals surface area contributed by atoms with Crippen LogP contribution in [0.25, 0.3) is 0 Å². The largest absolute Gasteiger partial charge is 0.484 e. The number of para-hydroxylation sites is 1. The zero-order valence-corrected chi connectivity index (χ0v) is 17.0. The number of ether oxygens (including phenoxy) is 1. The van der Waals surface area contributed by atoms with Gasteiger partial charge in [0.15, 0.2) is 6.61 Å². The quantitative estimate of drug-likeness (QED) is 0.522. The summed E-state index contributed by atoms with van der Waals surface area (Å²) in [5.74, 6) is -0.839. The summed E-state index contributed by atoms with van der Waals surface area (Å²) < 4.78 is 5.43. The third-order valence-corrected chi connectivity index (χ3v) is 4.60. The molecule has 0 heterocycles. The molecule has 0 spiro atoms. The van der Waals surface area contributed by atoms with E-state index in [1.165, 1.54) is 12.1 Å². The standard InChI is InChI=1S/C24H23N3O4/c1-16(17-7-3-2-4-8-17)26-24(30)20-9-5-6-10-21(20)27-22(28)15-31-19-13-11-18(12-14-19)23(25)29/h2-14,16H,15H2,1H3,(H2,25,29)(H,26,30)(H,27,28)/t16-/m0/s1.